The highest BCUT2D eigenvalue weighted by molar-refractivity contribution is 7.89. The Bertz CT molecular complexity index is 966. The molecule has 0 bridgehead atoms. The number of benzene rings is 2. The molecule has 0 aliphatic rings. The number of Topliss-reactive ketones (excluding diaryl/α,β-unsaturated/α-hetero) is 1. The summed E-state index contributed by atoms with van der Waals surface area (Å²) in [5.74, 6) is 6.14. The largest absolute Gasteiger partial charge is 0.495 e. The molecule has 156 valence electrons. The molecule has 6 nitrogen and oxygen atoms in total. The SMILES string of the molecule is COc1ccc(Cl)cc1N(N)/C(C(C)=O)=C(\N)S(=O)c1ccc(C(C)(C)C)cc1. The summed E-state index contributed by atoms with van der Waals surface area (Å²) in [5, 5.41) is 1.31. The highest BCUT2D eigenvalue weighted by Gasteiger charge is 2.24. The first kappa shape index (κ1) is 22.9. The van der Waals surface area contributed by atoms with Gasteiger partial charge in [0.15, 0.2) is 5.78 Å². The van der Waals surface area contributed by atoms with Crippen LogP contribution in [0.1, 0.15) is 33.3 Å². The number of anilines is 1. The lowest BCUT2D eigenvalue weighted by atomic mass is 9.87. The van der Waals surface area contributed by atoms with Crippen LogP contribution >= 0.6 is 11.6 Å². The van der Waals surface area contributed by atoms with E-state index in [9.17, 15) is 9.00 Å². The van der Waals surface area contributed by atoms with E-state index in [1.54, 1.807) is 24.3 Å². The van der Waals surface area contributed by atoms with E-state index in [1.165, 1.54) is 20.1 Å². The summed E-state index contributed by atoms with van der Waals surface area (Å²) in [6.45, 7) is 7.57. The predicted octanol–water partition coefficient (Wildman–Crippen LogP) is 3.85. The number of carbonyl (C=O) groups is 1. The third-order valence-corrected chi connectivity index (χ3v) is 5.87. The number of nitrogens with two attached hydrogens (primary N) is 2. The zero-order valence-electron chi connectivity index (χ0n) is 17.2. The van der Waals surface area contributed by atoms with Crippen molar-refractivity contribution in [2.75, 3.05) is 12.1 Å². The van der Waals surface area contributed by atoms with E-state index in [0.717, 1.165) is 10.6 Å². The summed E-state index contributed by atoms with van der Waals surface area (Å²) < 4.78 is 18.3. The molecular weight excluding hydrogens is 410 g/mol. The Balaban J connectivity index is 2.51. The fraction of sp³-hybridized carbons (Fsp3) is 0.286. The van der Waals surface area contributed by atoms with Gasteiger partial charge in [-0.3, -0.25) is 9.80 Å². The molecule has 2 rings (SSSR count). The predicted molar refractivity (Wildman–Crippen MR) is 118 cm³/mol. The van der Waals surface area contributed by atoms with Crippen LogP contribution in [-0.4, -0.2) is 17.1 Å². The summed E-state index contributed by atoms with van der Waals surface area (Å²) in [5.41, 5.74) is 7.44. The number of hydrogen-bond acceptors (Lipinski definition) is 6. The second-order valence-corrected chi connectivity index (χ2v) is 9.38. The number of carbonyl (C=O) groups excluding carboxylic acids is 1. The summed E-state index contributed by atoms with van der Waals surface area (Å²) in [6.07, 6.45) is 0. The number of ketones is 1. The molecule has 0 saturated heterocycles. The molecular formula is C21H26ClN3O3S. The van der Waals surface area contributed by atoms with E-state index in [-0.39, 0.29) is 16.1 Å². The molecule has 0 radical (unpaired) electrons. The highest BCUT2D eigenvalue weighted by atomic mass is 35.5. The van der Waals surface area contributed by atoms with Crippen LogP contribution in [-0.2, 0) is 21.0 Å². The van der Waals surface area contributed by atoms with Crippen LogP contribution in [0, 0.1) is 0 Å². The van der Waals surface area contributed by atoms with Crippen molar-refractivity contribution >= 4 is 33.9 Å². The van der Waals surface area contributed by atoms with Crippen molar-refractivity contribution < 1.29 is 13.7 Å². The molecule has 0 spiro atoms. The van der Waals surface area contributed by atoms with E-state index in [2.05, 4.69) is 20.8 Å². The lowest BCUT2D eigenvalue weighted by Crippen LogP contribution is -2.36. The molecule has 0 aliphatic carbocycles. The van der Waals surface area contributed by atoms with Crippen LogP contribution < -0.4 is 21.3 Å². The van der Waals surface area contributed by atoms with Gasteiger partial charge in [-0.05, 0) is 41.3 Å². The van der Waals surface area contributed by atoms with Crippen LogP contribution in [0.4, 0.5) is 5.69 Å². The number of hydrogen-bond donors (Lipinski definition) is 2. The number of rotatable bonds is 6. The molecule has 0 fully saturated rings. The van der Waals surface area contributed by atoms with Gasteiger partial charge in [0.25, 0.3) is 0 Å². The monoisotopic (exact) mass is 435 g/mol. The summed E-state index contributed by atoms with van der Waals surface area (Å²) in [6, 6.07) is 12.1. The summed E-state index contributed by atoms with van der Waals surface area (Å²) >= 11 is 6.06. The maximum Gasteiger partial charge on any atom is 0.180 e. The van der Waals surface area contributed by atoms with Crippen LogP contribution in [0.3, 0.4) is 0 Å². The molecule has 0 heterocycles. The Hall–Kier alpha value is -2.35. The maximum absolute atomic E-state index is 13.0. The molecule has 2 aromatic carbocycles. The zero-order valence-corrected chi connectivity index (χ0v) is 18.7. The van der Waals surface area contributed by atoms with E-state index in [0.29, 0.717) is 21.4 Å². The van der Waals surface area contributed by atoms with Gasteiger partial charge in [0.2, 0.25) is 0 Å². The van der Waals surface area contributed by atoms with Gasteiger partial charge in [-0.1, -0.05) is 44.5 Å². The van der Waals surface area contributed by atoms with Gasteiger partial charge in [0.1, 0.15) is 33.0 Å². The minimum Gasteiger partial charge on any atom is -0.495 e. The fourth-order valence-electron chi connectivity index (χ4n) is 2.73. The smallest absolute Gasteiger partial charge is 0.180 e. The minimum atomic E-state index is -1.78. The summed E-state index contributed by atoms with van der Waals surface area (Å²) in [4.78, 5) is 12.8. The molecule has 4 N–H and O–H groups in total. The van der Waals surface area contributed by atoms with Gasteiger partial charge in [-0.15, -0.1) is 0 Å². The van der Waals surface area contributed by atoms with E-state index in [1.807, 2.05) is 12.1 Å². The van der Waals surface area contributed by atoms with Crippen molar-refractivity contribution in [3.05, 3.63) is 63.8 Å². The second kappa shape index (κ2) is 8.98. The third kappa shape index (κ3) is 5.18. The Morgan fingerprint density at radius 2 is 1.72 bits per heavy atom. The van der Waals surface area contributed by atoms with Crippen LogP contribution in [0.25, 0.3) is 0 Å². The topological polar surface area (TPSA) is 98.7 Å². The number of methoxy groups -OCH3 is 1. The zero-order chi connectivity index (χ0) is 21.9. The first-order chi connectivity index (χ1) is 13.5. The van der Waals surface area contributed by atoms with Crippen LogP contribution in [0.15, 0.2) is 58.1 Å². The molecule has 0 saturated carbocycles. The lowest BCUT2D eigenvalue weighted by Gasteiger charge is -2.24. The number of ether oxygens (including phenoxy) is 1. The molecule has 8 heteroatoms. The minimum absolute atomic E-state index is 0.0386. The average molecular weight is 436 g/mol. The maximum atomic E-state index is 13.0. The number of hydrazine groups is 1. The van der Waals surface area contributed by atoms with E-state index >= 15 is 0 Å². The highest BCUT2D eigenvalue weighted by Crippen LogP contribution is 2.33. The number of halogens is 1. The second-order valence-electron chi connectivity index (χ2n) is 7.50. The Kier molecular flexibility index (Phi) is 7.11. The first-order valence-electron chi connectivity index (χ1n) is 8.88. The Morgan fingerprint density at radius 1 is 1.14 bits per heavy atom. The first-order valence-corrected chi connectivity index (χ1v) is 10.4. The molecule has 0 amide bonds. The van der Waals surface area contributed by atoms with Crippen LogP contribution in [0.2, 0.25) is 5.02 Å². The Labute approximate surface area is 178 Å². The molecule has 0 aliphatic heterocycles. The van der Waals surface area contributed by atoms with Crippen molar-refractivity contribution in [2.24, 2.45) is 11.6 Å². The average Bonchev–Trinajstić information content (AvgIpc) is 2.66. The quantitative estimate of drug-likeness (QED) is 0.406. The van der Waals surface area contributed by atoms with Gasteiger partial charge >= 0.3 is 0 Å². The van der Waals surface area contributed by atoms with Crippen molar-refractivity contribution in [3.63, 3.8) is 0 Å². The van der Waals surface area contributed by atoms with Gasteiger partial charge < -0.3 is 10.5 Å². The number of nitrogens with zero attached hydrogens (tertiary/aromatic N) is 1. The lowest BCUT2D eigenvalue weighted by molar-refractivity contribution is -0.113. The molecule has 1 atom stereocenters. The van der Waals surface area contributed by atoms with Crippen molar-refractivity contribution in [1.29, 1.82) is 0 Å². The molecule has 0 aromatic heterocycles. The fourth-order valence-corrected chi connectivity index (χ4v) is 3.95. The van der Waals surface area contributed by atoms with Crippen molar-refractivity contribution in [1.82, 2.24) is 0 Å². The van der Waals surface area contributed by atoms with E-state index < -0.39 is 16.6 Å². The standard InChI is InChI=1S/C21H26ClN3O3S/c1-13(26)19(25(24)17-12-15(22)8-11-18(17)28-5)20(23)29(27)16-9-6-14(7-10-16)21(2,3)4/h6-12H,23-24H2,1-5H3/b20-19+. The van der Waals surface area contributed by atoms with Gasteiger partial charge in [-0.2, -0.15) is 0 Å². The van der Waals surface area contributed by atoms with Gasteiger partial charge in [0.05, 0.1) is 7.11 Å². The van der Waals surface area contributed by atoms with Gasteiger partial charge in [0, 0.05) is 16.8 Å². The Morgan fingerprint density at radius 3 is 2.21 bits per heavy atom. The number of allylic oxidation sites excluding steroid dienone is 1. The van der Waals surface area contributed by atoms with E-state index in [4.69, 9.17) is 27.9 Å². The summed E-state index contributed by atoms with van der Waals surface area (Å²) in [7, 11) is -0.313. The molecule has 2 aromatic rings. The third-order valence-electron chi connectivity index (χ3n) is 4.34. The van der Waals surface area contributed by atoms with Crippen LogP contribution in [0.5, 0.6) is 5.75 Å². The van der Waals surface area contributed by atoms with Crippen molar-refractivity contribution in [3.8, 4) is 5.75 Å². The van der Waals surface area contributed by atoms with Gasteiger partial charge in [-0.25, -0.2) is 10.1 Å². The molecule has 1 unspecified atom stereocenters. The normalized spacial score (nSPS) is 13.5. The van der Waals surface area contributed by atoms with Crippen molar-refractivity contribution in [2.45, 2.75) is 38.0 Å². The molecule has 29 heavy (non-hydrogen) atoms.